The van der Waals surface area contributed by atoms with E-state index in [0.717, 1.165) is 27.5 Å². The third kappa shape index (κ3) is 1.78. The van der Waals surface area contributed by atoms with Crippen molar-refractivity contribution < 1.29 is 9.59 Å². The largest absolute Gasteiger partial charge is 0.304 e. The highest BCUT2D eigenvalue weighted by Gasteiger charge is 2.30. The summed E-state index contributed by atoms with van der Waals surface area (Å²) in [6.45, 7) is 0.134. The lowest BCUT2D eigenvalue weighted by atomic mass is 10.1. The lowest BCUT2D eigenvalue weighted by molar-refractivity contribution is -0.121. The Bertz CT molecular complexity index is 904. The van der Waals surface area contributed by atoms with Crippen LogP contribution in [0.2, 0.25) is 0 Å². The van der Waals surface area contributed by atoms with Crippen LogP contribution in [0.1, 0.15) is 6.42 Å². The second kappa shape index (κ2) is 4.34. The van der Waals surface area contributed by atoms with E-state index in [2.05, 4.69) is 9.97 Å². The Morgan fingerprint density at radius 3 is 2.52 bits per heavy atom. The number of anilines is 1. The molecule has 1 aliphatic rings. The molecule has 0 saturated carbocycles. The monoisotopic (exact) mass is 277 g/mol. The average Bonchev–Trinajstić information content (AvgIpc) is 2.85. The van der Waals surface area contributed by atoms with Gasteiger partial charge in [0, 0.05) is 23.2 Å². The molecule has 0 aliphatic carbocycles. The minimum Gasteiger partial charge on any atom is -0.304 e. The van der Waals surface area contributed by atoms with Crippen LogP contribution >= 0.6 is 0 Å². The van der Waals surface area contributed by atoms with E-state index >= 15 is 0 Å². The molecule has 5 nitrogen and oxygen atoms in total. The van der Waals surface area contributed by atoms with Crippen molar-refractivity contribution >= 4 is 39.2 Å². The van der Waals surface area contributed by atoms with Crippen LogP contribution in [0.25, 0.3) is 21.8 Å². The van der Waals surface area contributed by atoms with Gasteiger partial charge in [-0.15, -0.1) is 0 Å². The number of carbonyl (C=O) groups is 2. The van der Waals surface area contributed by atoms with E-state index in [-0.39, 0.29) is 24.7 Å². The van der Waals surface area contributed by atoms with Crippen LogP contribution in [0.15, 0.2) is 42.7 Å². The highest BCUT2D eigenvalue weighted by atomic mass is 16.2. The van der Waals surface area contributed by atoms with Gasteiger partial charge in [-0.1, -0.05) is 6.07 Å². The lowest BCUT2D eigenvalue weighted by Gasteiger charge is -2.18. The van der Waals surface area contributed by atoms with Crippen LogP contribution in [0.5, 0.6) is 0 Å². The van der Waals surface area contributed by atoms with E-state index in [1.54, 1.807) is 17.3 Å². The quantitative estimate of drug-likeness (QED) is 0.504. The number of hydrogen-bond donors (Lipinski definition) is 0. The van der Waals surface area contributed by atoms with Gasteiger partial charge in [-0.2, -0.15) is 0 Å². The summed E-state index contributed by atoms with van der Waals surface area (Å²) in [5.41, 5.74) is 2.28. The Hall–Kier alpha value is -2.82. The Morgan fingerprint density at radius 2 is 1.76 bits per heavy atom. The molecule has 21 heavy (non-hydrogen) atoms. The van der Waals surface area contributed by atoms with E-state index in [9.17, 15) is 9.59 Å². The molecule has 0 unspecified atom stereocenters. The zero-order valence-electron chi connectivity index (χ0n) is 11.1. The molecule has 3 heterocycles. The molecule has 0 radical (unpaired) electrons. The van der Waals surface area contributed by atoms with Crippen LogP contribution in [0.3, 0.4) is 0 Å². The zero-order valence-corrected chi connectivity index (χ0v) is 11.1. The van der Waals surface area contributed by atoms with Crippen molar-refractivity contribution in [1.82, 2.24) is 9.97 Å². The van der Waals surface area contributed by atoms with Crippen molar-refractivity contribution in [1.29, 1.82) is 0 Å². The minimum atomic E-state index is -0.159. The van der Waals surface area contributed by atoms with E-state index in [0.29, 0.717) is 0 Å². The molecule has 0 atom stereocenters. The van der Waals surface area contributed by atoms with Gasteiger partial charge in [-0.05, 0) is 24.3 Å². The summed E-state index contributed by atoms with van der Waals surface area (Å²) < 4.78 is 0. The molecule has 102 valence electrons. The number of fused-ring (bicyclic) bond motifs is 3. The molecule has 1 aliphatic heterocycles. The summed E-state index contributed by atoms with van der Waals surface area (Å²) in [4.78, 5) is 33.9. The Morgan fingerprint density at radius 1 is 1.00 bits per heavy atom. The molecule has 1 aromatic carbocycles. The van der Waals surface area contributed by atoms with Crippen LogP contribution in [-0.2, 0) is 9.59 Å². The molecule has 0 bridgehead atoms. The number of nitrogens with zero attached hydrogens (tertiary/aromatic N) is 3. The smallest absolute Gasteiger partial charge is 0.234 e. The van der Waals surface area contributed by atoms with Crippen LogP contribution in [-0.4, -0.2) is 28.2 Å². The molecule has 4 rings (SSSR count). The van der Waals surface area contributed by atoms with E-state index in [1.807, 2.05) is 30.3 Å². The first-order valence-electron chi connectivity index (χ1n) is 6.68. The predicted octanol–water partition coefficient (Wildman–Crippen LogP) is 2.09. The van der Waals surface area contributed by atoms with Gasteiger partial charge in [0.25, 0.3) is 0 Å². The number of carbonyl (C=O) groups excluding carboxylic acids is 2. The number of aromatic nitrogens is 2. The van der Waals surface area contributed by atoms with Crippen molar-refractivity contribution in [3.63, 3.8) is 0 Å². The molecular formula is C16H11N3O2. The number of ketones is 1. The van der Waals surface area contributed by atoms with Gasteiger partial charge in [0.15, 0.2) is 5.78 Å². The third-order valence-corrected chi connectivity index (χ3v) is 3.71. The van der Waals surface area contributed by atoms with Gasteiger partial charge >= 0.3 is 0 Å². The summed E-state index contributed by atoms with van der Waals surface area (Å²) in [5.74, 6) is -0.211. The molecule has 2 aromatic heterocycles. The SMILES string of the molecule is O=C1CC(=O)N(c2cc3cccnc3c3ncccc23)C1. The maximum Gasteiger partial charge on any atom is 0.234 e. The fourth-order valence-electron chi connectivity index (χ4n) is 2.79. The zero-order chi connectivity index (χ0) is 14.4. The van der Waals surface area contributed by atoms with Gasteiger partial charge in [0.05, 0.1) is 29.7 Å². The average molecular weight is 277 g/mol. The standard InChI is InChI=1S/C16H11N3O2/c20-11-8-14(21)19(9-11)13-7-10-3-1-5-17-15(10)16-12(13)4-2-6-18-16/h1-7H,8-9H2. The van der Waals surface area contributed by atoms with Crippen molar-refractivity contribution in [3.8, 4) is 0 Å². The second-order valence-electron chi connectivity index (χ2n) is 5.07. The summed E-state index contributed by atoms with van der Waals surface area (Å²) >= 11 is 0. The number of hydrogen-bond acceptors (Lipinski definition) is 4. The van der Waals surface area contributed by atoms with Crippen molar-refractivity contribution in [3.05, 3.63) is 42.7 Å². The molecule has 5 heteroatoms. The van der Waals surface area contributed by atoms with Crippen molar-refractivity contribution in [2.24, 2.45) is 0 Å². The fraction of sp³-hybridized carbons (Fsp3) is 0.125. The summed E-state index contributed by atoms with van der Waals surface area (Å²) in [7, 11) is 0. The highest BCUT2D eigenvalue weighted by Crippen LogP contribution is 2.33. The molecule has 1 fully saturated rings. The second-order valence-corrected chi connectivity index (χ2v) is 5.07. The van der Waals surface area contributed by atoms with Gasteiger partial charge in [0.2, 0.25) is 5.91 Å². The normalized spacial score (nSPS) is 15.3. The van der Waals surface area contributed by atoms with Crippen LogP contribution in [0, 0.1) is 0 Å². The number of Topliss-reactive ketones (excluding diaryl/α,β-unsaturated/α-hetero) is 1. The molecule has 0 spiro atoms. The summed E-state index contributed by atoms with van der Waals surface area (Å²) in [5, 5.41) is 1.75. The number of pyridine rings is 2. The number of benzene rings is 1. The molecule has 3 aromatic rings. The summed E-state index contributed by atoms with van der Waals surface area (Å²) in [6, 6.07) is 9.41. The topological polar surface area (TPSA) is 63.2 Å². The molecule has 0 N–H and O–H groups in total. The molecular weight excluding hydrogens is 266 g/mol. The molecule has 1 saturated heterocycles. The molecule has 1 amide bonds. The Kier molecular flexibility index (Phi) is 2.47. The lowest BCUT2D eigenvalue weighted by Crippen LogP contribution is -2.24. The van der Waals surface area contributed by atoms with Gasteiger partial charge in [-0.3, -0.25) is 19.6 Å². The van der Waals surface area contributed by atoms with Gasteiger partial charge in [-0.25, -0.2) is 0 Å². The first-order valence-corrected chi connectivity index (χ1v) is 6.68. The van der Waals surface area contributed by atoms with Crippen molar-refractivity contribution in [2.75, 3.05) is 11.4 Å². The first-order chi connectivity index (χ1) is 10.2. The highest BCUT2D eigenvalue weighted by molar-refractivity contribution is 6.20. The third-order valence-electron chi connectivity index (χ3n) is 3.71. The Labute approximate surface area is 120 Å². The number of rotatable bonds is 1. The maximum absolute atomic E-state index is 12.0. The predicted molar refractivity (Wildman–Crippen MR) is 79.0 cm³/mol. The first kappa shape index (κ1) is 12.0. The minimum absolute atomic E-state index is 0.0210. The van der Waals surface area contributed by atoms with Gasteiger partial charge < -0.3 is 4.90 Å². The van der Waals surface area contributed by atoms with E-state index < -0.39 is 0 Å². The summed E-state index contributed by atoms with van der Waals surface area (Å²) in [6.07, 6.45) is 3.41. The van der Waals surface area contributed by atoms with Crippen LogP contribution < -0.4 is 4.90 Å². The number of amides is 1. The Balaban J connectivity index is 2.07. The van der Waals surface area contributed by atoms with Crippen LogP contribution in [0.4, 0.5) is 5.69 Å². The van der Waals surface area contributed by atoms with Crippen molar-refractivity contribution in [2.45, 2.75) is 6.42 Å². The van der Waals surface area contributed by atoms with E-state index in [4.69, 9.17) is 0 Å². The fourth-order valence-corrected chi connectivity index (χ4v) is 2.79. The maximum atomic E-state index is 12.0. The van der Waals surface area contributed by atoms with Gasteiger partial charge in [0.1, 0.15) is 0 Å². The van der Waals surface area contributed by atoms with E-state index in [1.165, 1.54) is 0 Å².